The number of anilines is 2. The van der Waals surface area contributed by atoms with Gasteiger partial charge in [0.1, 0.15) is 0 Å². The number of nitrogens with one attached hydrogen (secondary N) is 2. The van der Waals surface area contributed by atoms with Crippen molar-refractivity contribution in [3.63, 3.8) is 0 Å². The van der Waals surface area contributed by atoms with Crippen molar-refractivity contribution in [2.75, 3.05) is 5.32 Å². The van der Waals surface area contributed by atoms with E-state index in [1.54, 1.807) is 18.2 Å². The fourth-order valence-electron chi connectivity index (χ4n) is 2.09. The molecule has 2 aromatic rings. The summed E-state index contributed by atoms with van der Waals surface area (Å²) in [7, 11) is 0. The quantitative estimate of drug-likeness (QED) is 0.463. The van der Waals surface area contributed by atoms with Gasteiger partial charge in [-0.15, -0.1) is 0 Å². The monoisotopic (exact) mass is 309 g/mol. The summed E-state index contributed by atoms with van der Waals surface area (Å²) in [4.78, 5) is 11.7. The average molecular weight is 309 g/mol. The molecule has 116 valence electrons. The molecular formula is C15H14F3N3O. The summed E-state index contributed by atoms with van der Waals surface area (Å²) in [6.07, 6.45) is -4.43. The topological polar surface area (TPSA) is 67.2 Å². The second kappa shape index (κ2) is 6.07. The molecule has 22 heavy (non-hydrogen) atoms. The highest BCUT2D eigenvalue weighted by Crippen LogP contribution is 2.35. The summed E-state index contributed by atoms with van der Waals surface area (Å²) in [5.41, 5.74) is 2.21. The fourth-order valence-corrected chi connectivity index (χ4v) is 2.09. The van der Waals surface area contributed by atoms with Crippen LogP contribution >= 0.6 is 0 Å². The zero-order valence-corrected chi connectivity index (χ0v) is 11.7. The summed E-state index contributed by atoms with van der Waals surface area (Å²) in [6, 6.07) is 10.2. The standard InChI is InChI=1S/C15H14F3N3O/c1-9-11(15(16,17)18)6-4-8-12(9)20-13-7-3-2-5-10(13)14(22)21-19/h2-8,20H,19H2,1H3,(H,21,22). The Bertz CT molecular complexity index is 699. The van der Waals surface area contributed by atoms with Crippen LogP contribution in [0, 0.1) is 6.92 Å². The second-order valence-corrected chi connectivity index (χ2v) is 4.62. The maximum atomic E-state index is 12.9. The van der Waals surface area contributed by atoms with Crippen LogP contribution in [-0.2, 0) is 6.18 Å². The van der Waals surface area contributed by atoms with E-state index in [0.717, 1.165) is 6.07 Å². The van der Waals surface area contributed by atoms with Crippen molar-refractivity contribution < 1.29 is 18.0 Å². The lowest BCUT2D eigenvalue weighted by Gasteiger charge is -2.16. The van der Waals surface area contributed by atoms with Gasteiger partial charge in [0.05, 0.1) is 16.8 Å². The molecule has 0 saturated carbocycles. The van der Waals surface area contributed by atoms with Gasteiger partial charge in [-0.3, -0.25) is 10.2 Å². The van der Waals surface area contributed by atoms with Crippen LogP contribution in [0.1, 0.15) is 21.5 Å². The van der Waals surface area contributed by atoms with Crippen molar-refractivity contribution in [3.05, 3.63) is 59.2 Å². The lowest BCUT2D eigenvalue weighted by Crippen LogP contribution is -2.30. The Kier molecular flexibility index (Phi) is 4.37. The Morgan fingerprint density at radius 1 is 1.05 bits per heavy atom. The number of carbonyl (C=O) groups is 1. The van der Waals surface area contributed by atoms with Crippen molar-refractivity contribution in [2.24, 2.45) is 5.84 Å². The Morgan fingerprint density at radius 2 is 1.68 bits per heavy atom. The minimum absolute atomic E-state index is 0.0537. The maximum Gasteiger partial charge on any atom is 0.416 e. The molecule has 2 aromatic carbocycles. The number of alkyl halides is 3. The molecular weight excluding hydrogens is 295 g/mol. The number of benzene rings is 2. The SMILES string of the molecule is Cc1c(Nc2ccccc2C(=O)NN)cccc1C(F)(F)F. The van der Waals surface area contributed by atoms with Gasteiger partial charge in [-0.05, 0) is 36.8 Å². The van der Waals surface area contributed by atoms with Crippen molar-refractivity contribution >= 4 is 17.3 Å². The first-order chi connectivity index (χ1) is 10.3. The molecule has 4 nitrogen and oxygen atoms in total. The molecule has 7 heteroatoms. The molecule has 0 spiro atoms. The summed E-state index contributed by atoms with van der Waals surface area (Å²) >= 11 is 0. The third-order valence-electron chi connectivity index (χ3n) is 3.21. The van der Waals surface area contributed by atoms with Crippen molar-refractivity contribution in [1.82, 2.24) is 5.43 Å². The molecule has 0 radical (unpaired) electrons. The fraction of sp³-hybridized carbons (Fsp3) is 0.133. The second-order valence-electron chi connectivity index (χ2n) is 4.62. The molecule has 0 bridgehead atoms. The lowest BCUT2D eigenvalue weighted by molar-refractivity contribution is -0.138. The third-order valence-corrected chi connectivity index (χ3v) is 3.21. The first kappa shape index (κ1) is 15.8. The number of para-hydroxylation sites is 1. The van der Waals surface area contributed by atoms with Crippen LogP contribution in [0.3, 0.4) is 0 Å². The van der Waals surface area contributed by atoms with Crippen molar-refractivity contribution in [3.8, 4) is 0 Å². The van der Waals surface area contributed by atoms with E-state index in [0.29, 0.717) is 5.69 Å². The largest absolute Gasteiger partial charge is 0.416 e. The van der Waals surface area contributed by atoms with Gasteiger partial charge in [0.2, 0.25) is 0 Å². The normalized spacial score (nSPS) is 11.1. The van der Waals surface area contributed by atoms with Crippen LogP contribution in [-0.4, -0.2) is 5.91 Å². The van der Waals surface area contributed by atoms with Gasteiger partial charge in [-0.1, -0.05) is 18.2 Å². The summed E-state index contributed by atoms with van der Waals surface area (Å²) in [5, 5.41) is 2.85. The molecule has 0 unspecified atom stereocenters. The smallest absolute Gasteiger partial charge is 0.355 e. The zero-order valence-electron chi connectivity index (χ0n) is 11.7. The first-order valence-electron chi connectivity index (χ1n) is 6.38. The van der Waals surface area contributed by atoms with Crippen LogP contribution in [0.2, 0.25) is 0 Å². The molecule has 0 aliphatic rings. The Hall–Kier alpha value is -2.54. The predicted molar refractivity (Wildman–Crippen MR) is 77.6 cm³/mol. The van der Waals surface area contributed by atoms with Crippen LogP contribution in [0.4, 0.5) is 24.5 Å². The van der Waals surface area contributed by atoms with Gasteiger partial charge < -0.3 is 5.32 Å². The molecule has 0 aliphatic heterocycles. The van der Waals surface area contributed by atoms with Gasteiger partial charge in [-0.2, -0.15) is 13.2 Å². The van der Waals surface area contributed by atoms with Crippen molar-refractivity contribution in [1.29, 1.82) is 0 Å². The number of halogens is 3. The maximum absolute atomic E-state index is 12.9. The highest BCUT2D eigenvalue weighted by molar-refractivity contribution is 6.00. The highest BCUT2D eigenvalue weighted by atomic mass is 19.4. The molecule has 2 rings (SSSR count). The van der Waals surface area contributed by atoms with E-state index in [-0.39, 0.29) is 16.8 Å². The third kappa shape index (κ3) is 3.20. The number of rotatable bonds is 3. The Morgan fingerprint density at radius 3 is 2.32 bits per heavy atom. The Balaban J connectivity index is 2.43. The van der Waals surface area contributed by atoms with E-state index >= 15 is 0 Å². The molecule has 1 amide bonds. The zero-order chi connectivity index (χ0) is 16.3. The molecule has 0 atom stereocenters. The van der Waals surface area contributed by atoms with Gasteiger partial charge in [0, 0.05) is 5.69 Å². The molecule has 0 heterocycles. The van der Waals surface area contributed by atoms with Gasteiger partial charge in [0.25, 0.3) is 5.91 Å². The minimum Gasteiger partial charge on any atom is -0.355 e. The van der Waals surface area contributed by atoms with E-state index < -0.39 is 17.6 Å². The molecule has 0 aliphatic carbocycles. The molecule has 0 aromatic heterocycles. The number of hydrogen-bond acceptors (Lipinski definition) is 3. The molecule has 0 fully saturated rings. The number of hydrazine groups is 1. The summed E-state index contributed by atoms with van der Waals surface area (Å²) in [5.74, 6) is 4.57. The predicted octanol–water partition coefficient (Wildman–Crippen LogP) is 3.36. The highest BCUT2D eigenvalue weighted by Gasteiger charge is 2.32. The number of nitrogen functional groups attached to an aromatic ring is 1. The average Bonchev–Trinajstić information content (AvgIpc) is 2.48. The Labute approximate surface area is 125 Å². The summed E-state index contributed by atoms with van der Waals surface area (Å²) in [6.45, 7) is 1.37. The van der Waals surface area contributed by atoms with Crippen LogP contribution in [0.5, 0.6) is 0 Å². The van der Waals surface area contributed by atoms with Gasteiger partial charge >= 0.3 is 6.18 Å². The van der Waals surface area contributed by atoms with Gasteiger partial charge in [0.15, 0.2) is 0 Å². The number of hydrogen-bond donors (Lipinski definition) is 3. The molecule has 0 saturated heterocycles. The number of amides is 1. The number of nitrogens with two attached hydrogens (primary N) is 1. The van der Waals surface area contributed by atoms with Gasteiger partial charge in [-0.25, -0.2) is 5.84 Å². The van der Waals surface area contributed by atoms with Crippen LogP contribution in [0.15, 0.2) is 42.5 Å². The van der Waals surface area contributed by atoms with E-state index in [1.165, 1.54) is 25.1 Å². The van der Waals surface area contributed by atoms with E-state index in [4.69, 9.17) is 5.84 Å². The van der Waals surface area contributed by atoms with Crippen molar-refractivity contribution in [2.45, 2.75) is 13.1 Å². The van der Waals surface area contributed by atoms with Crippen LogP contribution < -0.4 is 16.6 Å². The van der Waals surface area contributed by atoms with E-state index in [9.17, 15) is 18.0 Å². The van der Waals surface area contributed by atoms with E-state index in [1.807, 2.05) is 5.43 Å². The first-order valence-corrected chi connectivity index (χ1v) is 6.38. The minimum atomic E-state index is -4.43. The lowest BCUT2D eigenvalue weighted by atomic mass is 10.1. The summed E-state index contributed by atoms with van der Waals surface area (Å²) < 4.78 is 38.8. The molecule has 4 N–H and O–H groups in total. The number of carbonyl (C=O) groups excluding carboxylic acids is 1. The van der Waals surface area contributed by atoms with E-state index in [2.05, 4.69) is 5.32 Å². The van der Waals surface area contributed by atoms with Crippen LogP contribution in [0.25, 0.3) is 0 Å².